The van der Waals surface area contributed by atoms with Crippen LogP contribution in [0.3, 0.4) is 0 Å². The second kappa shape index (κ2) is 18.6. The predicted octanol–water partition coefficient (Wildman–Crippen LogP) is 4.26. The number of nitrogens with one attached hydrogen (secondary N) is 3. The van der Waals surface area contributed by atoms with Crippen LogP contribution in [-0.2, 0) is 25.5 Å². The molecule has 0 aliphatic heterocycles. The Bertz CT molecular complexity index is 1440. The van der Waals surface area contributed by atoms with Crippen LogP contribution in [0.25, 0.3) is 0 Å². The molecule has 1 atom stereocenters. The summed E-state index contributed by atoms with van der Waals surface area (Å²) < 4.78 is 16.0. The summed E-state index contributed by atoms with van der Waals surface area (Å²) in [4.78, 5) is 60.1. The van der Waals surface area contributed by atoms with E-state index in [1.807, 2.05) is 25.1 Å². The molecule has 3 N–H and O–H groups in total. The lowest BCUT2D eigenvalue weighted by Gasteiger charge is -2.19. The standard InChI is InChI=1S/C33H43N5O7S/c1-6-43-16-10-17-44-32(42)26(20-35-29(39)27-14-9-18-46-27)38-30(40)28-22(4)36-33(37-23(28)5)34-15-8-12-24-11-7-13-25(19-24)45-31(41)21(2)3/h7,9,11,13-14,18-19,21,26H,6,8,10,12,15-17,20H2,1-5H3,(H,35,39)(H,38,40)(H,34,36,37)/t26-/m0/s1. The van der Waals surface area contributed by atoms with Crippen molar-refractivity contribution in [3.8, 4) is 5.75 Å². The number of thiophene rings is 1. The molecule has 0 fully saturated rings. The summed E-state index contributed by atoms with van der Waals surface area (Å²) in [6.45, 7) is 10.4. The van der Waals surface area contributed by atoms with Crippen molar-refractivity contribution >= 4 is 41.0 Å². The molecule has 3 rings (SSSR count). The maximum absolute atomic E-state index is 13.4. The van der Waals surface area contributed by atoms with Crippen molar-refractivity contribution in [1.82, 2.24) is 20.6 Å². The second-order valence-corrected chi connectivity index (χ2v) is 11.7. The number of ether oxygens (including phenoxy) is 3. The Balaban J connectivity index is 1.59. The van der Waals surface area contributed by atoms with Gasteiger partial charge in [-0.15, -0.1) is 11.3 Å². The monoisotopic (exact) mass is 653 g/mol. The first-order valence-corrected chi connectivity index (χ1v) is 16.2. The lowest BCUT2D eigenvalue weighted by atomic mass is 10.1. The van der Waals surface area contributed by atoms with Crippen LogP contribution in [0.2, 0.25) is 0 Å². The number of carbonyl (C=O) groups is 4. The van der Waals surface area contributed by atoms with Crippen LogP contribution in [0.4, 0.5) is 5.95 Å². The Morgan fingerprint density at radius 3 is 2.37 bits per heavy atom. The fraction of sp³-hybridized carbons (Fsp3) is 0.455. The summed E-state index contributed by atoms with van der Waals surface area (Å²) in [5, 5.41) is 10.4. The van der Waals surface area contributed by atoms with Crippen LogP contribution in [0.1, 0.15) is 70.6 Å². The van der Waals surface area contributed by atoms with Gasteiger partial charge in [-0.3, -0.25) is 14.4 Å². The summed E-state index contributed by atoms with van der Waals surface area (Å²) in [6, 6.07) is 9.74. The Morgan fingerprint density at radius 2 is 1.70 bits per heavy atom. The third-order valence-corrected chi connectivity index (χ3v) is 7.56. The molecule has 12 nitrogen and oxygen atoms in total. The zero-order chi connectivity index (χ0) is 33.5. The molecular formula is C33H43N5O7S. The molecule has 1 aromatic carbocycles. The van der Waals surface area contributed by atoms with Gasteiger partial charge in [0, 0.05) is 32.7 Å². The highest BCUT2D eigenvalue weighted by molar-refractivity contribution is 7.12. The molecule has 2 heterocycles. The average molecular weight is 654 g/mol. The van der Waals surface area contributed by atoms with E-state index in [0.717, 1.165) is 18.4 Å². The van der Waals surface area contributed by atoms with Gasteiger partial charge >= 0.3 is 11.9 Å². The van der Waals surface area contributed by atoms with Crippen molar-refractivity contribution < 1.29 is 33.4 Å². The molecule has 0 saturated heterocycles. The van der Waals surface area contributed by atoms with E-state index < -0.39 is 17.9 Å². The largest absolute Gasteiger partial charge is 0.464 e. The summed E-state index contributed by atoms with van der Waals surface area (Å²) in [5.74, 6) is -1.17. The van der Waals surface area contributed by atoms with Crippen molar-refractivity contribution in [3.05, 3.63) is 69.2 Å². The fourth-order valence-electron chi connectivity index (χ4n) is 4.31. The van der Waals surface area contributed by atoms with Gasteiger partial charge in [0.05, 0.1) is 34.4 Å². The summed E-state index contributed by atoms with van der Waals surface area (Å²) in [6.07, 6.45) is 2.00. The molecule has 0 radical (unpaired) electrons. The Labute approximate surface area is 273 Å². The molecule has 0 aliphatic rings. The maximum atomic E-state index is 13.4. The summed E-state index contributed by atoms with van der Waals surface area (Å²) in [5.41, 5.74) is 2.12. The number of anilines is 1. The molecule has 2 amide bonds. The average Bonchev–Trinajstić information content (AvgIpc) is 3.56. The third kappa shape index (κ3) is 11.5. The molecule has 13 heteroatoms. The van der Waals surface area contributed by atoms with Gasteiger partial charge in [0.15, 0.2) is 0 Å². The van der Waals surface area contributed by atoms with Crippen molar-refractivity contribution in [1.29, 1.82) is 0 Å². The number of esters is 2. The van der Waals surface area contributed by atoms with Crippen molar-refractivity contribution in [2.75, 3.05) is 38.2 Å². The van der Waals surface area contributed by atoms with E-state index in [1.165, 1.54) is 11.3 Å². The molecule has 2 aromatic heterocycles. The Morgan fingerprint density at radius 1 is 0.935 bits per heavy atom. The van der Waals surface area contributed by atoms with E-state index in [2.05, 4.69) is 25.9 Å². The Hall–Kier alpha value is -4.36. The number of carbonyl (C=O) groups excluding carboxylic acids is 4. The topological polar surface area (TPSA) is 158 Å². The number of amides is 2. The molecular weight excluding hydrogens is 610 g/mol. The van der Waals surface area contributed by atoms with E-state index >= 15 is 0 Å². The normalized spacial score (nSPS) is 11.5. The van der Waals surface area contributed by atoms with Gasteiger partial charge in [-0.25, -0.2) is 14.8 Å². The zero-order valence-corrected chi connectivity index (χ0v) is 27.8. The highest BCUT2D eigenvalue weighted by atomic mass is 32.1. The van der Waals surface area contributed by atoms with Crippen LogP contribution in [0.5, 0.6) is 5.75 Å². The van der Waals surface area contributed by atoms with E-state index in [4.69, 9.17) is 14.2 Å². The van der Waals surface area contributed by atoms with E-state index in [9.17, 15) is 19.2 Å². The number of aromatic nitrogens is 2. The van der Waals surface area contributed by atoms with Gasteiger partial charge < -0.3 is 30.2 Å². The lowest BCUT2D eigenvalue weighted by Crippen LogP contribution is -2.49. The van der Waals surface area contributed by atoms with E-state index in [1.54, 1.807) is 51.3 Å². The molecule has 0 bridgehead atoms. The number of hydrogen-bond donors (Lipinski definition) is 3. The van der Waals surface area contributed by atoms with Crippen molar-refractivity contribution in [2.45, 2.75) is 59.9 Å². The number of hydrogen-bond acceptors (Lipinski definition) is 11. The van der Waals surface area contributed by atoms with Gasteiger partial charge in [0.25, 0.3) is 11.8 Å². The van der Waals surface area contributed by atoms with Crippen molar-refractivity contribution in [3.63, 3.8) is 0 Å². The van der Waals surface area contributed by atoms with Gasteiger partial charge in [-0.2, -0.15) is 0 Å². The minimum Gasteiger partial charge on any atom is -0.464 e. The van der Waals surface area contributed by atoms with Crippen LogP contribution >= 0.6 is 11.3 Å². The summed E-state index contributed by atoms with van der Waals surface area (Å²) >= 11 is 1.27. The van der Waals surface area contributed by atoms with Crippen LogP contribution < -0.4 is 20.7 Å². The molecule has 46 heavy (non-hydrogen) atoms. The first-order valence-electron chi connectivity index (χ1n) is 15.4. The highest BCUT2D eigenvalue weighted by Gasteiger charge is 2.26. The SMILES string of the molecule is CCOCCCOC(=O)[C@H](CNC(=O)c1cccs1)NC(=O)c1c(C)nc(NCCCc2cccc(OC(=O)C(C)C)c2)nc1C. The zero-order valence-electron chi connectivity index (χ0n) is 27.0. The number of benzene rings is 1. The smallest absolute Gasteiger partial charge is 0.330 e. The van der Waals surface area contributed by atoms with Gasteiger partial charge in [0.1, 0.15) is 11.8 Å². The molecule has 0 saturated carbocycles. The molecule has 0 unspecified atom stereocenters. The minimum atomic E-state index is -1.13. The van der Waals surface area contributed by atoms with Crippen molar-refractivity contribution in [2.24, 2.45) is 5.92 Å². The van der Waals surface area contributed by atoms with Gasteiger partial charge in [0.2, 0.25) is 5.95 Å². The molecule has 0 aliphatic carbocycles. The quantitative estimate of drug-likeness (QED) is 0.103. The molecule has 248 valence electrons. The van der Waals surface area contributed by atoms with Crippen LogP contribution in [0, 0.1) is 19.8 Å². The lowest BCUT2D eigenvalue weighted by molar-refractivity contribution is -0.146. The number of nitrogens with zero attached hydrogens (tertiary/aromatic N) is 2. The summed E-state index contributed by atoms with van der Waals surface area (Å²) in [7, 11) is 0. The minimum absolute atomic E-state index is 0.114. The first kappa shape index (κ1) is 36.1. The first-order chi connectivity index (χ1) is 22.1. The number of rotatable bonds is 18. The van der Waals surface area contributed by atoms with Crippen LogP contribution in [-0.4, -0.2) is 72.7 Å². The molecule has 0 spiro atoms. The predicted molar refractivity (Wildman–Crippen MR) is 175 cm³/mol. The fourth-order valence-corrected chi connectivity index (χ4v) is 4.95. The molecule has 3 aromatic rings. The maximum Gasteiger partial charge on any atom is 0.330 e. The van der Waals surface area contributed by atoms with Gasteiger partial charge in [-0.1, -0.05) is 32.0 Å². The second-order valence-electron chi connectivity index (χ2n) is 10.8. The number of aryl methyl sites for hydroxylation is 3. The highest BCUT2D eigenvalue weighted by Crippen LogP contribution is 2.17. The Kier molecular flexibility index (Phi) is 14.6. The van der Waals surface area contributed by atoms with E-state index in [-0.39, 0.29) is 36.5 Å². The van der Waals surface area contributed by atoms with E-state index in [0.29, 0.717) is 54.1 Å². The third-order valence-electron chi connectivity index (χ3n) is 6.69. The van der Waals surface area contributed by atoms with Crippen LogP contribution in [0.15, 0.2) is 41.8 Å². The van der Waals surface area contributed by atoms with Gasteiger partial charge in [-0.05, 0) is 62.8 Å².